The van der Waals surface area contributed by atoms with Gasteiger partial charge in [-0.15, -0.1) is 0 Å². The van der Waals surface area contributed by atoms with Crippen LogP contribution in [-0.2, 0) is 20.2 Å². The van der Waals surface area contributed by atoms with E-state index in [1.165, 1.54) is 54.6 Å². The first-order valence-corrected chi connectivity index (χ1v) is 16.0. The van der Waals surface area contributed by atoms with Crippen LogP contribution in [0.2, 0.25) is 0 Å². The Morgan fingerprint density at radius 3 is 2.23 bits per heavy atom. The number of benzene rings is 4. The number of aryl methyl sites for hydroxylation is 1. The Bertz CT molecular complexity index is 2240. The summed E-state index contributed by atoms with van der Waals surface area (Å²) >= 11 is 0. The third-order valence-electron chi connectivity index (χ3n) is 6.55. The van der Waals surface area contributed by atoms with Crippen LogP contribution in [0.15, 0.2) is 115 Å². The summed E-state index contributed by atoms with van der Waals surface area (Å²) in [4.78, 5) is 16.1. The molecule has 5 rings (SSSR count). The predicted molar refractivity (Wildman–Crippen MR) is 168 cm³/mol. The first-order chi connectivity index (χ1) is 21.7. The molecule has 0 aromatic heterocycles. The number of rotatable bonds is 8. The molecule has 14 nitrogen and oxygen atoms in total. The number of fused-ring (bicyclic) bond motifs is 1. The maximum absolute atomic E-state index is 13.3. The Kier molecular flexibility index (Phi) is 12.8. The van der Waals surface area contributed by atoms with E-state index < -0.39 is 47.4 Å². The van der Waals surface area contributed by atoms with E-state index in [0.29, 0.717) is 22.6 Å². The molecule has 0 unspecified atom stereocenters. The molecule has 0 saturated heterocycles. The zero-order valence-electron chi connectivity index (χ0n) is 25.6. The fraction of sp³-hybridized carbons (Fsp3) is 0.0333. The van der Waals surface area contributed by atoms with Crippen LogP contribution >= 0.6 is 0 Å². The van der Waals surface area contributed by atoms with E-state index in [9.17, 15) is 35.8 Å². The van der Waals surface area contributed by atoms with Gasteiger partial charge >= 0.3 is 59.1 Å². The standard InChI is InChI=1S/C30H24N6O8S2.2Na/c1-17-13-23(10-12-26(17)35-33-22-3-2-4-24(16-22)45(39,40)41)34-36-28-27(46(42,43)44)15-19-14-21(9-11-25(19)29(28)37)32-30(38)18-5-7-20(31)8-6-18;;/h2-16,34H,31H2,1H3,(H,32,38)(H,39,40,41)(H,42,43,44);;/q;2*+1/p-2/b35-33?,36-28-;;. The molecule has 18 heteroatoms. The van der Waals surface area contributed by atoms with Crippen LogP contribution in [0.5, 0.6) is 0 Å². The normalized spacial score (nSPS) is 14.1. The van der Waals surface area contributed by atoms with E-state index >= 15 is 0 Å². The number of carbonyl (C=O) groups excluding carboxylic acids is 1. The zero-order valence-corrected chi connectivity index (χ0v) is 31.3. The molecule has 234 valence electrons. The van der Waals surface area contributed by atoms with Gasteiger partial charge in [-0.25, -0.2) is 8.42 Å². The van der Waals surface area contributed by atoms with Crippen molar-refractivity contribution in [3.63, 3.8) is 0 Å². The second kappa shape index (κ2) is 15.8. The van der Waals surface area contributed by atoms with Crippen molar-refractivity contribution in [3.05, 3.63) is 112 Å². The van der Waals surface area contributed by atoms with Crippen molar-refractivity contribution in [3.8, 4) is 0 Å². The molecule has 0 aliphatic heterocycles. The van der Waals surface area contributed by atoms with Crippen LogP contribution in [0.25, 0.3) is 6.08 Å². The van der Waals surface area contributed by atoms with Gasteiger partial charge in [0, 0.05) is 11.3 Å². The van der Waals surface area contributed by atoms with E-state index in [0.717, 1.165) is 18.2 Å². The summed E-state index contributed by atoms with van der Waals surface area (Å²) in [5.74, 6) is -1.39. The number of carbonyl (C=O) groups is 1. The SMILES string of the molecule is Cc1cc(N/N=C2\C(=O)c3ccc(N=C([O-])c4ccc(N)cc4)cc3C=C2S(=O)(=O)O)ccc1N=Nc1cccc(S(=O)(=O)[O-])c1.[Na+].[Na+]. The van der Waals surface area contributed by atoms with Gasteiger partial charge in [0.25, 0.3) is 10.1 Å². The number of hydrogen-bond acceptors (Lipinski definition) is 13. The quantitative estimate of drug-likeness (QED) is 0.0355. The van der Waals surface area contributed by atoms with Crippen molar-refractivity contribution < 1.29 is 95.0 Å². The van der Waals surface area contributed by atoms with Crippen LogP contribution in [0.3, 0.4) is 0 Å². The second-order valence-corrected chi connectivity index (χ2v) is 12.6. The van der Waals surface area contributed by atoms with Crippen LogP contribution in [-0.4, -0.2) is 43.3 Å². The minimum Gasteiger partial charge on any atom is -0.858 e. The summed E-state index contributed by atoms with van der Waals surface area (Å²) in [6.45, 7) is 1.68. The van der Waals surface area contributed by atoms with E-state index in [1.54, 1.807) is 25.1 Å². The number of allylic oxidation sites excluding steroid dienone is 1. The number of nitrogen functional groups attached to an aromatic ring is 1. The number of hydrazone groups is 1. The summed E-state index contributed by atoms with van der Waals surface area (Å²) in [6, 6.07) is 19.9. The fourth-order valence-electron chi connectivity index (χ4n) is 4.28. The number of ketones is 1. The molecule has 48 heavy (non-hydrogen) atoms. The summed E-state index contributed by atoms with van der Waals surface area (Å²) in [6.07, 6.45) is 1.06. The minimum atomic E-state index is -4.92. The molecule has 0 fully saturated rings. The molecule has 1 aliphatic carbocycles. The Morgan fingerprint density at radius 2 is 1.58 bits per heavy atom. The van der Waals surface area contributed by atoms with Crippen molar-refractivity contribution in [1.82, 2.24) is 0 Å². The maximum Gasteiger partial charge on any atom is 1.00 e. The maximum atomic E-state index is 13.3. The molecule has 0 atom stereocenters. The van der Waals surface area contributed by atoms with E-state index in [1.807, 2.05) is 0 Å². The number of nitrogens with two attached hydrogens (primary N) is 1. The largest absolute Gasteiger partial charge is 1.00 e. The Hall–Kier alpha value is -3.55. The van der Waals surface area contributed by atoms with Gasteiger partial charge in [0.05, 0.1) is 27.6 Å². The Balaban J connectivity index is 0.00000312. The van der Waals surface area contributed by atoms with Gasteiger partial charge < -0.3 is 15.4 Å². The van der Waals surface area contributed by atoms with Crippen molar-refractivity contribution in [2.45, 2.75) is 11.8 Å². The average molecular weight is 705 g/mol. The van der Waals surface area contributed by atoms with Gasteiger partial charge in [-0.05, 0) is 102 Å². The second-order valence-electron chi connectivity index (χ2n) is 9.85. The summed E-state index contributed by atoms with van der Waals surface area (Å²) in [7, 11) is -9.59. The minimum absolute atomic E-state index is 0. The number of Topliss-reactive ketones (excluding diaryl/α,β-unsaturated/α-hetero) is 1. The fourth-order valence-corrected chi connectivity index (χ4v) is 5.44. The monoisotopic (exact) mass is 704 g/mol. The van der Waals surface area contributed by atoms with Crippen molar-refractivity contribution in [2.24, 2.45) is 20.3 Å². The molecular formula is C30H22N6Na2O8S2. The van der Waals surface area contributed by atoms with Crippen LogP contribution in [0.4, 0.5) is 28.4 Å². The molecule has 0 amide bonds. The third kappa shape index (κ3) is 9.32. The molecule has 4 aromatic rings. The number of nitrogens with zero attached hydrogens (tertiary/aromatic N) is 4. The number of azo groups is 1. The zero-order chi connectivity index (χ0) is 33.2. The number of anilines is 2. The van der Waals surface area contributed by atoms with Gasteiger partial charge in [-0.3, -0.25) is 19.8 Å². The summed E-state index contributed by atoms with van der Waals surface area (Å²) < 4.78 is 68.2. The molecule has 0 bridgehead atoms. The van der Waals surface area contributed by atoms with Gasteiger partial charge in [0.2, 0.25) is 5.78 Å². The molecule has 0 heterocycles. The van der Waals surface area contributed by atoms with Crippen molar-refractivity contribution in [1.29, 1.82) is 0 Å². The average Bonchev–Trinajstić information content (AvgIpc) is 2.99. The molecule has 0 radical (unpaired) electrons. The van der Waals surface area contributed by atoms with Crippen LogP contribution < -0.4 is 75.4 Å². The molecule has 1 aliphatic rings. The summed E-state index contributed by atoms with van der Waals surface area (Å²) in [5.41, 5.74) is 10.1. The van der Waals surface area contributed by atoms with Gasteiger partial charge in [-0.2, -0.15) is 23.7 Å². The number of aliphatic imine (C=N–C) groups is 1. The van der Waals surface area contributed by atoms with Gasteiger partial charge in [-0.1, -0.05) is 18.2 Å². The van der Waals surface area contributed by atoms with Crippen LogP contribution in [0.1, 0.15) is 27.0 Å². The van der Waals surface area contributed by atoms with Gasteiger partial charge in [0.1, 0.15) is 15.0 Å². The molecule has 4 aromatic carbocycles. The van der Waals surface area contributed by atoms with E-state index in [4.69, 9.17) is 5.73 Å². The predicted octanol–water partition coefficient (Wildman–Crippen LogP) is -1.76. The summed E-state index contributed by atoms with van der Waals surface area (Å²) in [5, 5.41) is 24.6. The number of nitrogens with one attached hydrogen (secondary N) is 1. The Morgan fingerprint density at radius 1 is 0.875 bits per heavy atom. The first-order valence-electron chi connectivity index (χ1n) is 13.1. The first kappa shape index (κ1) is 38.9. The molecule has 4 N–H and O–H groups in total. The van der Waals surface area contributed by atoms with E-state index in [-0.39, 0.29) is 87.2 Å². The molecule has 0 spiro atoms. The van der Waals surface area contributed by atoms with Gasteiger partial charge in [0.15, 0.2) is 5.71 Å². The topological polar surface area (TPSA) is 239 Å². The van der Waals surface area contributed by atoms with Crippen LogP contribution in [0, 0.1) is 6.92 Å². The van der Waals surface area contributed by atoms with Crippen molar-refractivity contribution >= 4 is 72.1 Å². The Labute approximate surface area is 319 Å². The third-order valence-corrected chi connectivity index (χ3v) is 8.25. The smallest absolute Gasteiger partial charge is 0.858 e. The molecule has 0 saturated carbocycles. The van der Waals surface area contributed by atoms with E-state index in [2.05, 4.69) is 25.7 Å². The number of hydrogen-bond donors (Lipinski definition) is 3. The van der Waals surface area contributed by atoms with Crippen molar-refractivity contribution in [2.75, 3.05) is 11.2 Å². The molecular weight excluding hydrogens is 682 g/mol.